The van der Waals surface area contributed by atoms with Gasteiger partial charge in [-0.2, -0.15) is 0 Å². The van der Waals surface area contributed by atoms with E-state index in [2.05, 4.69) is 34.9 Å². The maximum atomic E-state index is 12.0. The molecule has 3 rings (SSSR count). The molecule has 1 aliphatic carbocycles. The monoisotopic (exact) mass is 230 g/mol. The first-order valence-corrected chi connectivity index (χ1v) is 6.46. The van der Waals surface area contributed by atoms with Gasteiger partial charge in [0.25, 0.3) is 0 Å². The van der Waals surface area contributed by atoms with Crippen molar-refractivity contribution in [2.24, 2.45) is 0 Å². The summed E-state index contributed by atoms with van der Waals surface area (Å²) in [7, 11) is 0. The SMILES string of the molecule is O=C(NC1CCc2ccccc21)[C@H]1CCCN1. The molecule has 2 atom stereocenters. The third kappa shape index (κ3) is 2.07. The molecule has 17 heavy (non-hydrogen) atoms. The molecular weight excluding hydrogens is 212 g/mol. The number of aryl methyl sites for hydroxylation is 1. The van der Waals surface area contributed by atoms with E-state index < -0.39 is 0 Å². The maximum Gasteiger partial charge on any atom is 0.237 e. The van der Waals surface area contributed by atoms with Crippen LogP contribution < -0.4 is 10.6 Å². The molecule has 3 heteroatoms. The fourth-order valence-corrected chi connectivity index (χ4v) is 2.89. The second-order valence-electron chi connectivity index (χ2n) is 4.95. The minimum absolute atomic E-state index is 0.0303. The summed E-state index contributed by atoms with van der Waals surface area (Å²) in [6, 6.07) is 8.67. The van der Waals surface area contributed by atoms with Gasteiger partial charge in [-0.1, -0.05) is 24.3 Å². The summed E-state index contributed by atoms with van der Waals surface area (Å²) in [5.74, 6) is 0.171. The molecule has 90 valence electrons. The lowest BCUT2D eigenvalue weighted by Gasteiger charge is -2.17. The Hall–Kier alpha value is -1.35. The van der Waals surface area contributed by atoms with E-state index in [-0.39, 0.29) is 18.0 Å². The zero-order chi connectivity index (χ0) is 11.7. The van der Waals surface area contributed by atoms with Crippen LogP contribution in [0.4, 0.5) is 0 Å². The summed E-state index contributed by atoms with van der Waals surface area (Å²) in [4.78, 5) is 12.0. The lowest BCUT2D eigenvalue weighted by molar-refractivity contribution is -0.123. The first-order chi connectivity index (χ1) is 8.34. The van der Waals surface area contributed by atoms with Crippen LogP contribution in [0.1, 0.15) is 36.4 Å². The van der Waals surface area contributed by atoms with Crippen LogP contribution in [0, 0.1) is 0 Å². The fraction of sp³-hybridized carbons (Fsp3) is 0.500. The molecule has 1 fully saturated rings. The Labute approximate surface area is 102 Å². The average molecular weight is 230 g/mol. The van der Waals surface area contributed by atoms with E-state index in [1.54, 1.807) is 0 Å². The van der Waals surface area contributed by atoms with Gasteiger partial charge in [0.15, 0.2) is 0 Å². The standard InChI is InChI=1S/C14H18N2O/c17-14(13-6-3-9-15-13)16-12-8-7-10-4-1-2-5-11(10)12/h1-2,4-5,12-13,15H,3,6-9H2,(H,16,17)/t12?,13-/m1/s1. The van der Waals surface area contributed by atoms with E-state index in [4.69, 9.17) is 0 Å². The largest absolute Gasteiger partial charge is 0.348 e. The van der Waals surface area contributed by atoms with Crippen molar-refractivity contribution in [3.63, 3.8) is 0 Å². The van der Waals surface area contributed by atoms with Crippen LogP contribution in [0.3, 0.4) is 0 Å². The summed E-state index contributed by atoms with van der Waals surface area (Å²) < 4.78 is 0. The quantitative estimate of drug-likeness (QED) is 0.809. The Kier molecular flexibility index (Phi) is 2.85. The molecule has 1 aliphatic heterocycles. The van der Waals surface area contributed by atoms with Crippen LogP contribution in [-0.2, 0) is 11.2 Å². The third-order valence-electron chi connectivity index (χ3n) is 3.83. The lowest BCUT2D eigenvalue weighted by Crippen LogP contribution is -2.41. The summed E-state index contributed by atoms with van der Waals surface area (Å²) in [5.41, 5.74) is 2.69. The van der Waals surface area contributed by atoms with E-state index in [9.17, 15) is 4.79 Å². The van der Waals surface area contributed by atoms with Crippen molar-refractivity contribution in [1.82, 2.24) is 10.6 Å². The van der Waals surface area contributed by atoms with Gasteiger partial charge in [-0.25, -0.2) is 0 Å². The highest BCUT2D eigenvalue weighted by atomic mass is 16.2. The number of nitrogens with one attached hydrogen (secondary N) is 2. The first kappa shape index (κ1) is 10.8. The van der Waals surface area contributed by atoms with Gasteiger partial charge in [0.2, 0.25) is 5.91 Å². The summed E-state index contributed by atoms with van der Waals surface area (Å²) in [6.07, 6.45) is 4.20. The smallest absolute Gasteiger partial charge is 0.237 e. The van der Waals surface area contributed by atoms with E-state index in [1.165, 1.54) is 11.1 Å². The van der Waals surface area contributed by atoms with E-state index in [0.29, 0.717) is 0 Å². The number of amides is 1. The van der Waals surface area contributed by atoms with Crippen LogP contribution in [0.15, 0.2) is 24.3 Å². The third-order valence-corrected chi connectivity index (χ3v) is 3.83. The number of hydrogen-bond donors (Lipinski definition) is 2. The van der Waals surface area contributed by atoms with Gasteiger partial charge >= 0.3 is 0 Å². The number of fused-ring (bicyclic) bond motifs is 1. The van der Waals surface area contributed by atoms with Gasteiger partial charge in [0.05, 0.1) is 12.1 Å². The van der Waals surface area contributed by atoms with Crippen LogP contribution >= 0.6 is 0 Å². The zero-order valence-corrected chi connectivity index (χ0v) is 9.91. The van der Waals surface area contributed by atoms with E-state index >= 15 is 0 Å². The molecule has 0 radical (unpaired) electrons. The highest BCUT2D eigenvalue weighted by molar-refractivity contribution is 5.82. The number of carbonyl (C=O) groups excluding carboxylic acids is 1. The van der Waals surface area contributed by atoms with Gasteiger partial charge in [-0.3, -0.25) is 4.79 Å². The van der Waals surface area contributed by atoms with Crippen molar-refractivity contribution in [1.29, 1.82) is 0 Å². The normalized spacial score (nSPS) is 26.8. The molecule has 1 aromatic rings. The topological polar surface area (TPSA) is 41.1 Å². The van der Waals surface area contributed by atoms with Crippen molar-refractivity contribution in [2.45, 2.75) is 37.8 Å². The first-order valence-electron chi connectivity index (χ1n) is 6.46. The highest BCUT2D eigenvalue weighted by Crippen LogP contribution is 2.30. The second kappa shape index (κ2) is 4.49. The van der Waals surface area contributed by atoms with Crippen molar-refractivity contribution in [2.75, 3.05) is 6.54 Å². The summed E-state index contributed by atoms with van der Waals surface area (Å²) in [5, 5.41) is 6.42. The zero-order valence-electron chi connectivity index (χ0n) is 9.91. The lowest BCUT2D eigenvalue weighted by atomic mass is 10.1. The molecule has 0 spiro atoms. The molecule has 0 bridgehead atoms. The van der Waals surface area contributed by atoms with E-state index in [1.807, 2.05) is 0 Å². The van der Waals surface area contributed by atoms with Crippen LogP contribution in [0.25, 0.3) is 0 Å². The Morgan fingerprint density at radius 3 is 3.00 bits per heavy atom. The minimum Gasteiger partial charge on any atom is -0.348 e. The number of rotatable bonds is 2. The van der Waals surface area contributed by atoms with Gasteiger partial charge < -0.3 is 10.6 Å². The number of hydrogen-bond acceptors (Lipinski definition) is 2. The van der Waals surface area contributed by atoms with Gasteiger partial charge in [-0.15, -0.1) is 0 Å². The average Bonchev–Trinajstić information content (AvgIpc) is 2.98. The van der Waals surface area contributed by atoms with Crippen LogP contribution in [0.5, 0.6) is 0 Å². The molecular formula is C14H18N2O. The second-order valence-corrected chi connectivity index (χ2v) is 4.95. The predicted octanol–water partition coefficient (Wildman–Crippen LogP) is 1.54. The molecule has 1 heterocycles. The highest BCUT2D eigenvalue weighted by Gasteiger charge is 2.27. The van der Waals surface area contributed by atoms with Crippen molar-refractivity contribution in [3.8, 4) is 0 Å². The number of benzene rings is 1. The van der Waals surface area contributed by atoms with Crippen molar-refractivity contribution < 1.29 is 4.79 Å². The molecule has 3 nitrogen and oxygen atoms in total. The molecule has 0 aromatic heterocycles. The number of carbonyl (C=O) groups is 1. The molecule has 1 amide bonds. The van der Waals surface area contributed by atoms with Crippen LogP contribution in [0.2, 0.25) is 0 Å². The molecule has 1 saturated heterocycles. The molecule has 0 saturated carbocycles. The van der Waals surface area contributed by atoms with Crippen molar-refractivity contribution >= 4 is 5.91 Å². The molecule has 1 aromatic carbocycles. The maximum absolute atomic E-state index is 12.0. The minimum atomic E-state index is 0.0303. The van der Waals surface area contributed by atoms with Gasteiger partial charge in [0.1, 0.15) is 0 Å². The molecule has 1 unspecified atom stereocenters. The van der Waals surface area contributed by atoms with Gasteiger partial charge in [0, 0.05) is 0 Å². The predicted molar refractivity (Wildman–Crippen MR) is 66.7 cm³/mol. The fourth-order valence-electron chi connectivity index (χ4n) is 2.89. The Morgan fingerprint density at radius 1 is 1.29 bits per heavy atom. The van der Waals surface area contributed by atoms with Crippen molar-refractivity contribution in [3.05, 3.63) is 35.4 Å². The van der Waals surface area contributed by atoms with Crippen LogP contribution in [-0.4, -0.2) is 18.5 Å². The Balaban J connectivity index is 1.68. The van der Waals surface area contributed by atoms with E-state index in [0.717, 1.165) is 32.2 Å². The Bertz CT molecular complexity index is 424. The summed E-state index contributed by atoms with van der Waals surface area (Å²) in [6.45, 7) is 0.972. The molecule has 2 N–H and O–H groups in total. The molecule has 2 aliphatic rings. The summed E-state index contributed by atoms with van der Waals surface area (Å²) >= 11 is 0. The van der Waals surface area contributed by atoms with Gasteiger partial charge in [-0.05, 0) is 43.4 Å². The Morgan fingerprint density at radius 2 is 2.18 bits per heavy atom.